The van der Waals surface area contributed by atoms with Crippen molar-refractivity contribution < 1.29 is 8.78 Å². The van der Waals surface area contributed by atoms with Crippen LogP contribution in [0.15, 0.2) is 42.5 Å². The first kappa shape index (κ1) is 11.8. The molecule has 2 aromatic rings. The molecular weight excluding hydrogens is 242 g/mol. The van der Waals surface area contributed by atoms with Crippen molar-refractivity contribution in [2.24, 2.45) is 0 Å². The van der Waals surface area contributed by atoms with Gasteiger partial charge in [0.1, 0.15) is 0 Å². The van der Waals surface area contributed by atoms with Crippen LogP contribution in [0.1, 0.15) is 11.1 Å². The average molecular weight is 251 g/mol. The molecule has 0 bridgehead atoms. The minimum atomic E-state index is -0.938. The van der Waals surface area contributed by atoms with Gasteiger partial charge in [-0.15, -0.1) is 0 Å². The minimum Gasteiger partial charge on any atom is -0.204 e. The summed E-state index contributed by atoms with van der Waals surface area (Å²) in [7, 11) is 0. The topological polar surface area (TPSA) is 0 Å². The second kappa shape index (κ2) is 5.11. The molecule has 0 saturated heterocycles. The lowest BCUT2D eigenvalue weighted by Crippen LogP contribution is -1.86. The molecule has 0 spiro atoms. The first-order valence-electron chi connectivity index (χ1n) is 5.04. The van der Waals surface area contributed by atoms with Gasteiger partial charge in [0, 0.05) is 0 Å². The molecule has 0 N–H and O–H groups in total. The van der Waals surface area contributed by atoms with Gasteiger partial charge < -0.3 is 0 Å². The number of halogens is 3. The summed E-state index contributed by atoms with van der Waals surface area (Å²) < 4.78 is 25.9. The van der Waals surface area contributed by atoms with E-state index in [0.717, 1.165) is 17.7 Å². The summed E-state index contributed by atoms with van der Waals surface area (Å²) in [4.78, 5) is 0. The van der Waals surface area contributed by atoms with E-state index in [9.17, 15) is 8.78 Å². The monoisotopic (exact) mass is 250 g/mol. The second-order valence-corrected chi connectivity index (χ2v) is 3.94. The quantitative estimate of drug-likeness (QED) is 0.531. The zero-order valence-corrected chi connectivity index (χ0v) is 9.59. The molecule has 0 saturated carbocycles. The molecule has 0 radical (unpaired) electrons. The van der Waals surface area contributed by atoms with E-state index in [1.807, 2.05) is 30.3 Å². The summed E-state index contributed by atoms with van der Waals surface area (Å²) in [6.45, 7) is 0. The van der Waals surface area contributed by atoms with Crippen molar-refractivity contribution in [3.8, 4) is 0 Å². The van der Waals surface area contributed by atoms with Crippen molar-refractivity contribution in [1.82, 2.24) is 0 Å². The third kappa shape index (κ3) is 2.92. The van der Waals surface area contributed by atoms with Crippen LogP contribution < -0.4 is 0 Å². The third-order valence-corrected chi connectivity index (χ3v) is 2.62. The van der Waals surface area contributed by atoms with Gasteiger partial charge in [-0.3, -0.25) is 0 Å². The van der Waals surface area contributed by atoms with Gasteiger partial charge in [-0.25, -0.2) is 8.78 Å². The Morgan fingerprint density at radius 2 is 1.53 bits per heavy atom. The third-order valence-electron chi connectivity index (χ3n) is 2.29. The van der Waals surface area contributed by atoms with E-state index in [1.54, 1.807) is 12.2 Å². The van der Waals surface area contributed by atoms with Crippen molar-refractivity contribution in [2.75, 3.05) is 0 Å². The maximum absolute atomic E-state index is 13.0. The van der Waals surface area contributed by atoms with Crippen LogP contribution >= 0.6 is 11.6 Å². The maximum atomic E-state index is 13.0. The molecule has 2 rings (SSSR count). The van der Waals surface area contributed by atoms with Gasteiger partial charge in [0.25, 0.3) is 0 Å². The molecule has 0 aliphatic rings. The SMILES string of the molecule is Fc1cc(Cl)c(/C=C/c2ccccc2)cc1F. The summed E-state index contributed by atoms with van der Waals surface area (Å²) >= 11 is 5.81. The van der Waals surface area contributed by atoms with Gasteiger partial charge in [-0.2, -0.15) is 0 Å². The molecule has 0 fully saturated rings. The summed E-state index contributed by atoms with van der Waals surface area (Å²) in [6, 6.07) is 11.6. The molecule has 17 heavy (non-hydrogen) atoms. The van der Waals surface area contributed by atoms with Crippen molar-refractivity contribution in [2.45, 2.75) is 0 Å². The Bertz CT molecular complexity index is 548. The second-order valence-electron chi connectivity index (χ2n) is 3.53. The van der Waals surface area contributed by atoms with E-state index in [-0.39, 0.29) is 5.02 Å². The van der Waals surface area contributed by atoms with Gasteiger partial charge >= 0.3 is 0 Å². The van der Waals surface area contributed by atoms with Crippen LogP contribution in [0.2, 0.25) is 5.02 Å². The fraction of sp³-hybridized carbons (Fsp3) is 0. The normalized spacial score (nSPS) is 11.0. The first-order chi connectivity index (χ1) is 8.16. The molecule has 0 unspecified atom stereocenters. The Kier molecular flexibility index (Phi) is 3.55. The average Bonchev–Trinajstić information content (AvgIpc) is 2.33. The summed E-state index contributed by atoms with van der Waals surface area (Å²) in [5, 5.41) is 0.191. The first-order valence-corrected chi connectivity index (χ1v) is 5.42. The van der Waals surface area contributed by atoms with E-state index in [2.05, 4.69) is 0 Å². The van der Waals surface area contributed by atoms with Gasteiger partial charge in [0.05, 0.1) is 5.02 Å². The molecule has 0 amide bonds. The molecule has 0 nitrogen and oxygen atoms in total. The Hall–Kier alpha value is -1.67. The van der Waals surface area contributed by atoms with Crippen molar-refractivity contribution >= 4 is 23.8 Å². The van der Waals surface area contributed by atoms with Crippen LogP contribution in [0.5, 0.6) is 0 Å². The molecule has 0 heterocycles. The minimum absolute atomic E-state index is 0.191. The van der Waals surface area contributed by atoms with Crippen molar-refractivity contribution in [1.29, 1.82) is 0 Å². The largest absolute Gasteiger partial charge is 0.204 e. The summed E-state index contributed by atoms with van der Waals surface area (Å²) in [5.74, 6) is -1.84. The molecule has 2 aromatic carbocycles. The number of benzene rings is 2. The van der Waals surface area contributed by atoms with Crippen LogP contribution in [-0.2, 0) is 0 Å². The van der Waals surface area contributed by atoms with E-state index in [0.29, 0.717) is 5.56 Å². The lowest BCUT2D eigenvalue weighted by Gasteiger charge is -2.00. The molecule has 0 aliphatic carbocycles. The highest BCUT2D eigenvalue weighted by molar-refractivity contribution is 6.32. The van der Waals surface area contributed by atoms with Gasteiger partial charge in [0.2, 0.25) is 0 Å². The lowest BCUT2D eigenvalue weighted by atomic mass is 10.1. The maximum Gasteiger partial charge on any atom is 0.160 e. The van der Waals surface area contributed by atoms with E-state index < -0.39 is 11.6 Å². The zero-order chi connectivity index (χ0) is 12.3. The lowest BCUT2D eigenvalue weighted by molar-refractivity contribution is 0.508. The number of hydrogen-bond acceptors (Lipinski definition) is 0. The molecule has 0 atom stereocenters. The molecular formula is C14H9ClF2. The smallest absolute Gasteiger partial charge is 0.160 e. The fourth-order valence-corrected chi connectivity index (χ4v) is 1.63. The zero-order valence-electron chi connectivity index (χ0n) is 8.83. The predicted molar refractivity (Wildman–Crippen MR) is 66.7 cm³/mol. The Labute approximate surface area is 103 Å². The van der Waals surface area contributed by atoms with Crippen molar-refractivity contribution in [3.05, 3.63) is 70.2 Å². The van der Waals surface area contributed by atoms with Crippen LogP contribution in [-0.4, -0.2) is 0 Å². The van der Waals surface area contributed by atoms with E-state index >= 15 is 0 Å². The standard InChI is InChI=1S/C14H9ClF2/c15-12-9-14(17)13(16)8-11(12)7-6-10-4-2-1-3-5-10/h1-9H/b7-6+. The highest BCUT2D eigenvalue weighted by Crippen LogP contribution is 2.22. The van der Waals surface area contributed by atoms with Crippen molar-refractivity contribution in [3.63, 3.8) is 0 Å². The van der Waals surface area contributed by atoms with Crippen LogP contribution in [0, 0.1) is 11.6 Å². The summed E-state index contributed by atoms with van der Waals surface area (Å²) in [5.41, 5.74) is 1.42. The van der Waals surface area contributed by atoms with E-state index in [1.165, 1.54) is 0 Å². The van der Waals surface area contributed by atoms with E-state index in [4.69, 9.17) is 11.6 Å². The number of hydrogen-bond donors (Lipinski definition) is 0. The fourth-order valence-electron chi connectivity index (χ4n) is 1.42. The molecule has 0 aromatic heterocycles. The van der Waals surface area contributed by atoms with Crippen LogP contribution in [0.3, 0.4) is 0 Å². The highest BCUT2D eigenvalue weighted by Gasteiger charge is 2.05. The van der Waals surface area contributed by atoms with Gasteiger partial charge in [0.15, 0.2) is 11.6 Å². The van der Waals surface area contributed by atoms with Gasteiger partial charge in [-0.1, -0.05) is 54.1 Å². The molecule has 3 heteroatoms. The van der Waals surface area contributed by atoms with Crippen LogP contribution in [0.25, 0.3) is 12.2 Å². The van der Waals surface area contributed by atoms with Gasteiger partial charge in [-0.05, 0) is 23.3 Å². The molecule has 0 aliphatic heterocycles. The Morgan fingerprint density at radius 1 is 0.882 bits per heavy atom. The predicted octanol–water partition coefficient (Wildman–Crippen LogP) is 4.79. The Balaban J connectivity index is 2.31. The number of rotatable bonds is 2. The molecule has 86 valence electrons. The van der Waals surface area contributed by atoms with Crippen LogP contribution in [0.4, 0.5) is 8.78 Å². The Morgan fingerprint density at radius 3 is 2.24 bits per heavy atom. The highest BCUT2D eigenvalue weighted by atomic mass is 35.5. The summed E-state index contributed by atoms with van der Waals surface area (Å²) in [6.07, 6.45) is 3.44.